The van der Waals surface area contributed by atoms with E-state index in [0.29, 0.717) is 18.0 Å². The number of hydrazine groups is 1. The number of benzene rings is 1. The number of nitrogens with zero attached hydrogens (tertiary/aromatic N) is 2. The van der Waals surface area contributed by atoms with Crippen LogP contribution < -0.4 is 32.6 Å². The highest BCUT2D eigenvalue weighted by atomic mass is 16.7. The predicted octanol–water partition coefficient (Wildman–Crippen LogP) is 5.97. The summed E-state index contributed by atoms with van der Waals surface area (Å²) in [5.41, 5.74) is 22.3. The Balaban J connectivity index is 1.82. The number of aliphatic imine (C=N–C) groups is 2. The van der Waals surface area contributed by atoms with Gasteiger partial charge in [-0.2, -0.15) is 4.99 Å². The first-order valence-electron chi connectivity index (χ1n) is 14.1. The van der Waals surface area contributed by atoms with Crippen LogP contribution in [-0.4, -0.2) is 24.4 Å². The van der Waals surface area contributed by atoms with E-state index in [2.05, 4.69) is 79.2 Å². The molecule has 0 radical (unpaired) electrons. The molecule has 0 aliphatic heterocycles. The second kappa shape index (κ2) is 16.9. The molecular formula is C32H47N7O2. The minimum absolute atomic E-state index is 0.0150. The molecule has 0 saturated heterocycles. The SMILES string of the molecule is CCCCN=C(N)/N=C(\N)NNOc1ccc(NC(=O)/C=C(C)/C=C/C=C(C)/C=C/C2=C(C)CCCC2(C)C)cc1. The number of guanidine groups is 2. The third-order valence-corrected chi connectivity index (χ3v) is 6.62. The summed E-state index contributed by atoms with van der Waals surface area (Å²) in [6.07, 6.45) is 17.5. The van der Waals surface area contributed by atoms with Gasteiger partial charge in [-0.1, -0.05) is 74.3 Å². The lowest BCUT2D eigenvalue weighted by molar-refractivity contribution is -0.111. The molecular weight excluding hydrogens is 514 g/mol. The van der Waals surface area contributed by atoms with Gasteiger partial charge in [0.2, 0.25) is 17.8 Å². The second-order valence-corrected chi connectivity index (χ2v) is 10.9. The van der Waals surface area contributed by atoms with Crippen LogP contribution in [0.2, 0.25) is 0 Å². The molecule has 0 heterocycles. The van der Waals surface area contributed by atoms with Crippen molar-refractivity contribution in [3.63, 3.8) is 0 Å². The number of carbonyl (C=O) groups is 1. The zero-order valence-electron chi connectivity index (χ0n) is 25.4. The topological polar surface area (TPSA) is 139 Å². The van der Waals surface area contributed by atoms with Crippen molar-refractivity contribution >= 4 is 23.5 Å². The predicted molar refractivity (Wildman–Crippen MR) is 171 cm³/mol. The van der Waals surface area contributed by atoms with E-state index in [-0.39, 0.29) is 23.2 Å². The number of carbonyl (C=O) groups excluding carboxylic acids is 1. The van der Waals surface area contributed by atoms with Gasteiger partial charge in [0.1, 0.15) is 5.75 Å². The van der Waals surface area contributed by atoms with Crippen molar-refractivity contribution in [1.82, 2.24) is 11.0 Å². The minimum atomic E-state index is -0.217. The summed E-state index contributed by atoms with van der Waals surface area (Å²) >= 11 is 0. The van der Waals surface area contributed by atoms with Crippen LogP contribution in [0.1, 0.15) is 73.6 Å². The molecule has 1 amide bonds. The molecule has 0 fully saturated rings. The van der Waals surface area contributed by atoms with Crippen molar-refractivity contribution in [3.05, 3.63) is 83.0 Å². The fraction of sp³-hybridized carbons (Fsp3) is 0.406. The first kappa shape index (κ1) is 33.1. The van der Waals surface area contributed by atoms with Gasteiger partial charge in [0, 0.05) is 18.3 Å². The number of nitrogens with two attached hydrogens (primary N) is 2. The van der Waals surface area contributed by atoms with Gasteiger partial charge >= 0.3 is 0 Å². The maximum Gasteiger partial charge on any atom is 0.248 e. The molecule has 9 heteroatoms. The molecule has 1 aromatic carbocycles. The molecule has 0 spiro atoms. The summed E-state index contributed by atoms with van der Waals surface area (Å²) in [5.74, 6) is 0.389. The third kappa shape index (κ3) is 12.7. The van der Waals surface area contributed by atoms with E-state index in [1.165, 1.54) is 30.4 Å². The zero-order valence-corrected chi connectivity index (χ0v) is 25.4. The number of anilines is 1. The van der Waals surface area contributed by atoms with Crippen molar-refractivity contribution in [1.29, 1.82) is 0 Å². The van der Waals surface area contributed by atoms with Gasteiger partial charge in [0.05, 0.1) is 0 Å². The Bertz CT molecular complexity index is 1230. The summed E-state index contributed by atoms with van der Waals surface area (Å²) in [6.45, 7) is 13.5. The first-order valence-corrected chi connectivity index (χ1v) is 14.1. The molecule has 0 saturated carbocycles. The van der Waals surface area contributed by atoms with Crippen LogP contribution >= 0.6 is 0 Å². The van der Waals surface area contributed by atoms with E-state index in [1.807, 2.05) is 19.1 Å². The number of amides is 1. The number of allylic oxidation sites excluding steroid dienone is 9. The fourth-order valence-corrected chi connectivity index (χ4v) is 4.35. The standard InChI is InChI=1S/C32H47N7O2/c1-7-8-21-35-30(33)37-31(34)38-39-41-27-17-15-26(16-18-27)36-29(40)22-24(3)12-9-11-23(2)14-19-28-25(4)13-10-20-32(28,5)6/h9,11-12,14-19,22,39H,7-8,10,13,20-21H2,1-6H3,(H,36,40)(H5,33,34,35,37,38)/b12-9+,19-14+,23-11+,24-22+. The van der Waals surface area contributed by atoms with E-state index in [4.69, 9.17) is 16.3 Å². The van der Waals surface area contributed by atoms with Crippen LogP contribution in [-0.2, 0) is 4.79 Å². The second-order valence-electron chi connectivity index (χ2n) is 10.9. The number of hydrogen-bond donors (Lipinski definition) is 5. The monoisotopic (exact) mass is 561 g/mol. The Morgan fingerprint density at radius 2 is 1.85 bits per heavy atom. The van der Waals surface area contributed by atoms with Crippen molar-refractivity contribution < 1.29 is 9.63 Å². The molecule has 1 aliphatic carbocycles. The maximum absolute atomic E-state index is 12.4. The number of hydrogen-bond acceptors (Lipinski definition) is 4. The maximum atomic E-state index is 12.4. The Hall–Kier alpha value is -4.11. The molecule has 2 rings (SSSR count). The molecule has 9 nitrogen and oxygen atoms in total. The highest BCUT2D eigenvalue weighted by molar-refractivity contribution is 6.00. The molecule has 1 aliphatic rings. The lowest BCUT2D eigenvalue weighted by Gasteiger charge is -2.32. The lowest BCUT2D eigenvalue weighted by Crippen LogP contribution is -2.44. The van der Waals surface area contributed by atoms with Gasteiger partial charge in [-0.25, -0.2) is 0 Å². The van der Waals surface area contributed by atoms with E-state index < -0.39 is 0 Å². The Morgan fingerprint density at radius 3 is 2.54 bits per heavy atom. The highest BCUT2D eigenvalue weighted by Crippen LogP contribution is 2.40. The molecule has 7 N–H and O–H groups in total. The van der Waals surface area contributed by atoms with Crippen molar-refractivity contribution in [2.24, 2.45) is 26.9 Å². The van der Waals surface area contributed by atoms with Gasteiger partial charge in [-0.05, 0) is 87.3 Å². The van der Waals surface area contributed by atoms with Crippen LogP contribution in [0.25, 0.3) is 0 Å². The van der Waals surface area contributed by atoms with E-state index >= 15 is 0 Å². The highest BCUT2D eigenvalue weighted by Gasteiger charge is 2.26. The number of nitrogens with one attached hydrogen (secondary N) is 3. The molecule has 0 atom stereocenters. The fourth-order valence-electron chi connectivity index (χ4n) is 4.35. The Labute approximate surface area is 245 Å². The largest absolute Gasteiger partial charge is 0.389 e. The van der Waals surface area contributed by atoms with Gasteiger partial charge < -0.3 is 21.6 Å². The summed E-state index contributed by atoms with van der Waals surface area (Å²) in [7, 11) is 0. The van der Waals surface area contributed by atoms with Gasteiger partial charge in [-0.15, -0.1) is 0 Å². The van der Waals surface area contributed by atoms with E-state index in [9.17, 15) is 4.79 Å². The van der Waals surface area contributed by atoms with Gasteiger partial charge in [0.25, 0.3) is 0 Å². The average molecular weight is 562 g/mol. The molecule has 41 heavy (non-hydrogen) atoms. The van der Waals surface area contributed by atoms with Crippen molar-refractivity contribution in [2.45, 2.75) is 73.6 Å². The van der Waals surface area contributed by atoms with Gasteiger partial charge in [0.15, 0.2) is 0 Å². The van der Waals surface area contributed by atoms with Crippen LogP contribution in [0.5, 0.6) is 5.75 Å². The smallest absolute Gasteiger partial charge is 0.248 e. The summed E-state index contributed by atoms with van der Waals surface area (Å²) in [4.78, 5) is 25.8. The normalized spacial score (nSPS) is 16.9. The summed E-state index contributed by atoms with van der Waals surface area (Å²) in [6, 6.07) is 6.85. The number of unbranched alkanes of at least 4 members (excludes halogenated alkanes) is 1. The molecule has 0 unspecified atom stereocenters. The van der Waals surface area contributed by atoms with Crippen LogP contribution in [0.3, 0.4) is 0 Å². The Kier molecular flexibility index (Phi) is 13.6. The average Bonchev–Trinajstić information content (AvgIpc) is 2.89. The number of rotatable bonds is 12. The first-order chi connectivity index (χ1) is 19.5. The minimum Gasteiger partial charge on any atom is -0.389 e. The van der Waals surface area contributed by atoms with Crippen LogP contribution in [0, 0.1) is 5.41 Å². The third-order valence-electron chi connectivity index (χ3n) is 6.62. The Morgan fingerprint density at radius 1 is 1.12 bits per heavy atom. The molecule has 0 bridgehead atoms. The molecule has 1 aromatic rings. The summed E-state index contributed by atoms with van der Waals surface area (Å²) in [5, 5.41) is 2.85. The van der Waals surface area contributed by atoms with Crippen LogP contribution in [0.4, 0.5) is 5.69 Å². The zero-order chi connectivity index (χ0) is 30.3. The van der Waals surface area contributed by atoms with E-state index in [0.717, 1.165) is 24.0 Å². The molecule has 0 aromatic heterocycles. The molecule has 222 valence electrons. The van der Waals surface area contributed by atoms with Crippen molar-refractivity contribution in [3.8, 4) is 5.75 Å². The summed E-state index contributed by atoms with van der Waals surface area (Å²) < 4.78 is 0. The van der Waals surface area contributed by atoms with Crippen LogP contribution in [0.15, 0.2) is 93.0 Å². The lowest BCUT2D eigenvalue weighted by atomic mass is 9.72. The van der Waals surface area contributed by atoms with Crippen molar-refractivity contribution in [2.75, 3.05) is 11.9 Å². The van der Waals surface area contributed by atoms with Gasteiger partial charge in [-0.3, -0.25) is 15.2 Å². The van der Waals surface area contributed by atoms with E-state index in [1.54, 1.807) is 30.3 Å². The quantitative estimate of drug-likeness (QED) is 0.0532.